The average molecular weight is 260 g/mol. The van der Waals surface area contributed by atoms with Gasteiger partial charge in [0.1, 0.15) is 5.56 Å². The fourth-order valence-corrected chi connectivity index (χ4v) is 1.85. The van der Waals surface area contributed by atoms with Crippen LogP contribution in [0, 0.1) is 5.82 Å². The van der Waals surface area contributed by atoms with Crippen molar-refractivity contribution in [1.29, 1.82) is 0 Å². The number of rotatable bonds is 4. The summed E-state index contributed by atoms with van der Waals surface area (Å²) in [5.74, 6) is -2.10. The summed E-state index contributed by atoms with van der Waals surface area (Å²) in [6.45, 7) is 2.33. The Balaban J connectivity index is 2.51. The van der Waals surface area contributed by atoms with Gasteiger partial charge in [0, 0.05) is 18.4 Å². The monoisotopic (exact) mass is 260 g/mol. The summed E-state index contributed by atoms with van der Waals surface area (Å²) in [6, 6.07) is 10.3. The predicted octanol–water partition coefficient (Wildman–Crippen LogP) is 3.08. The third-order valence-corrected chi connectivity index (χ3v) is 2.74. The first-order chi connectivity index (χ1) is 9.15. The first-order valence-electron chi connectivity index (χ1n) is 5.85. The van der Waals surface area contributed by atoms with Gasteiger partial charge < -0.3 is 10.0 Å². The second kappa shape index (κ2) is 5.48. The van der Waals surface area contributed by atoms with Crippen molar-refractivity contribution in [3.05, 3.63) is 54.0 Å². The maximum absolute atomic E-state index is 14.2. The number of aromatic carboxylic acids is 1. The number of aromatic nitrogens is 1. The molecule has 1 aromatic carbocycles. The number of carbonyl (C=O) groups is 1. The Morgan fingerprint density at radius 2 is 2.00 bits per heavy atom. The van der Waals surface area contributed by atoms with Crippen molar-refractivity contribution in [3.63, 3.8) is 0 Å². The highest BCUT2D eigenvalue weighted by molar-refractivity contribution is 5.89. The summed E-state index contributed by atoms with van der Waals surface area (Å²) < 4.78 is 14.2. The SMILES string of the molecule is CCN(c1ccccc1)c1nccc(C(=O)O)c1F. The van der Waals surface area contributed by atoms with Crippen LogP contribution < -0.4 is 4.90 Å². The Hall–Kier alpha value is -2.43. The molecule has 2 aromatic rings. The van der Waals surface area contributed by atoms with E-state index in [0.717, 1.165) is 11.8 Å². The molecule has 1 heterocycles. The van der Waals surface area contributed by atoms with Gasteiger partial charge in [-0.3, -0.25) is 0 Å². The van der Waals surface area contributed by atoms with Crippen LogP contribution in [0.2, 0.25) is 0 Å². The number of carboxylic acids is 1. The number of hydrogen-bond acceptors (Lipinski definition) is 3. The van der Waals surface area contributed by atoms with E-state index in [4.69, 9.17) is 5.11 Å². The molecule has 0 radical (unpaired) electrons. The zero-order chi connectivity index (χ0) is 13.8. The summed E-state index contributed by atoms with van der Waals surface area (Å²) in [7, 11) is 0. The van der Waals surface area contributed by atoms with Crippen molar-refractivity contribution in [2.24, 2.45) is 0 Å². The van der Waals surface area contributed by atoms with Gasteiger partial charge >= 0.3 is 5.97 Å². The van der Waals surface area contributed by atoms with Gasteiger partial charge in [-0.05, 0) is 25.1 Å². The molecule has 4 nitrogen and oxygen atoms in total. The van der Waals surface area contributed by atoms with Gasteiger partial charge in [0.15, 0.2) is 11.6 Å². The first-order valence-corrected chi connectivity index (χ1v) is 5.85. The van der Waals surface area contributed by atoms with Gasteiger partial charge in [0.2, 0.25) is 0 Å². The molecule has 1 aromatic heterocycles. The van der Waals surface area contributed by atoms with Crippen molar-refractivity contribution in [2.75, 3.05) is 11.4 Å². The Morgan fingerprint density at radius 1 is 1.32 bits per heavy atom. The van der Waals surface area contributed by atoms with E-state index >= 15 is 0 Å². The molecule has 0 unspecified atom stereocenters. The maximum atomic E-state index is 14.2. The molecule has 0 aliphatic rings. The van der Waals surface area contributed by atoms with Crippen LogP contribution in [0.15, 0.2) is 42.6 Å². The third kappa shape index (κ3) is 2.54. The van der Waals surface area contributed by atoms with Crippen LogP contribution in [0.25, 0.3) is 0 Å². The van der Waals surface area contributed by atoms with Gasteiger partial charge in [-0.25, -0.2) is 14.2 Å². The van der Waals surface area contributed by atoms with Crippen LogP contribution >= 0.6 is 0 Å². The average Bonchev–Trinajstić information content (AvgIpc) is 2.42. The van der Waals surface area contributed by atoms with Crippen LogP contribution in [0.4, 0.5) is 15.9 Å². The number of nitrogens with zero attached hydrogens (tertiary/aromatic N) is 2. The third-order valence-electron chi connectivity index (χ3n) is 2.74. The largest absolute Gasteiger partial charge is 0.478 e. The molecule has 98 valence electrons. The minimum absolute atomic E-state index is 0.0219. The molecule has 0 spiro atoms. The Morgan fingerprint density at radius 3 is 2.58 bits per heavy atom. The molecule has 0 amide bonds. The topological polar surface area (TPSA) is 53.4 Å². The predicted molar refractivity (Wildman–Crippen MR) is 70.3 cm³/mol. The maximum Gasteiger partial charge on any atom is 0.338 e. The molecule has 0 aliphatic heterocycles. The van der Waals surface area contributed by atoms with E-state index in [-0.39, 0.29) is 11.4 Å². The number of carboxylic acid groups (broad SMARTS) is 1. The molecule has 0 bridgehead atoms. The number of benzene rings is 1. The zero-order valence-electron chi connectivity index (χ0n) is 10.4. The van der Waals surface area contributed by atoms with E-state index in [9.17, 15) is 9.18 Å². The van der Waals surface area contributed by atoms with Gasteiger partial charge in [0.05, 0.1) is 0 Å². The number of para-hydroxylation sites is 1. The normalized spacial score (nSPS) is 10.2. The van der Waals surface area contributed by atoms with E-state index in [1.54, 1.807) is 4.90 Å². The molecule has 0 saturated carbocycles. The number of halogens is 1. The summed E-state index contributed by atoms with van der Waals surface area (Å²) >= 11 is 0. The summed E-state index contributed by atoms with van der Waals surface area (Å²) in [5, 5.41) is 8.93. The standard InChI is InChI=1S/C14H13FN2O2/c1-2-17(10-6-4-3-5-7-10)13-12(15)11(14(18)19)8-9-16-13/h3-9H,2H2,1H3,(H,18,19). The lowest BCUT2D eigenvalue weighted by Crippen LogP contribution is -2.20. The molecule has 1 N–H and O–H groups in total. The van der Waals surface area contributed by atoms with E-state index in [1.807, 2.05) is 37.3 Å². The van der Waals surface area contributed by atoms with Crippen LogP contribution in [0.5, 0.6) is 0 Å². The highest BCUT2D eigenvalue weighted by Gasteiger charge is 2.19. The Kier molecular flexibility index (Phi) is 3.75. The second-order valence-corrected chi connectivity index (χ2v) is 3.88. The van der Waals surface area contributed by atoms with Crippen molar-refractivity contribution in [1.82, 2.24) is 4.98 Å². The lowest BCUT2D eigenvalue weighted by Gasteiger charge is -2.22. The van der Waals surface area contributed by atoms with E-state index < -0.39 is 11.8 Å². The fourth-order valence-electron chi connectivity index (χ4n) is 1.85. The molecular weight excluding hydrogens is 247 g/mol. The summed E-state index contributed by atoms with van der Waals surface area (Å²) in [6.07, 6.45) is 1.30. The molecule has 2 rings (SSSR count). The highest BCUT2D eigenvalue weighted by Crippen LogP contribution is 2.26. The minimum Gasteiger partial charge on any atom is -0.478 e. The van der Waals surface area contributed by atoms with Crippen molar-refractivity contribution in [2.45, 2.75) is 6.92 Å². The van der Waals surface area contributed by atoms with Gasteiger partial charge in [0.25, 0.3) is 0 Å². The molecule has 0 atom stereocenters. The number of pyridine rings is 1. The van der Waals surface area contributed by atoms with Crippen LogP contribution in [-0.4, -0.2) is 22.6 Å². The molecule has 5 heteroatoms. The van der Waals surface area contributed by atoms with Crippen LogP contribution in [-0.2, 0) is 0 Å². The quantitative estimate of drug-likeness (QED) is 0.917. The molecule has 0 saturated heterocycles. The first kappa shape index (κ1) is 13.0. The lowest BCUT2D eigenvalue weighted by molar-refractivity contribution is 0.0692. The van der Waals surface area contributed by atoms with Gasteiger partial charge in [-0.1, -0.05) is 18.2 Å². The van der Waals surface area contributed by atoms with Crippen molar-refractivity contribution in [3.8, 4) is 0 Å². The summed E-state index contributed by atoms with van der Waals surface area (Å²) in [4.78, 5) is 16.5. The van der Waals surface area contributed by atoms with E-state index in [0.29, 0.717) is 6.54 Å². The molecule has 0 fully saturated rings. The molecule has 0 aliphatic carbocycles. The fraction of sp³-hybridized carbons (Fsp3) is 0.143. The van der Waals surface area contributed by atoms with Crippen molar-refractivity contribution < 1.29 is 14.3 Å². The smallest absolute Gasteiger partial charge is 0.338 e. The van der Waals surface area contributed by atoms with Crippen molar-refractivity contribution >= 4 is 17.5 Å². The number of anilines is 2. The lowest BCUT2D eigenvalue weighted by atomic mass is 10.2. The molecule has 19 heavy (non-hydrogen) atoms. The Labute approximate surface area is 110 Å². The Bertz CT molecular complexity index is 587. The molecular formula is C14H13FN2O2. The summed E-state index contributed by atoms with van der Waals surface area (Å²) in [5.41, 5.74) is 0.387. The zero-order valence-corrected chi connectivity index (χ0v) is 10.4. The minimum atomic E-state index is -1.30. The van der Waals surface area contributed by atoms with Gasteiger partial charge in [-0.15, -0.1) is 0 Å². The van der Waals surface area contributed by atoms with Gasteiger partial charge in [-0.2, -0.15) is 0 Å². The van der Waals surface area contributed by atoms with E-state index in [1.165, 1.54) is 6.20 Å². The second-order valence-electron chi connectivity index (χ2n) is 3.88. The van der Waals surface area contributed by atoms with E-state index in [2.05, 4.69) is 4.98 Å². The van der Waals surface area contributed by atoms with Crippen LogP contribution in [0.1, 0.15) is 17.3 Å². The number of hydrogen-bond donors (Lipinski definition) is 1. The highest BCUT2D eigenvalue weighted by atomic mass is 19.1. The van der Waals surface area contributed by atoms with Crippen LogP contribution in [0.3, 0.4) is 0 Å².